The molecule has 1 aliphatic heterocycles. The molecule has 2 rings (SSSR count). The number of hydrogen-bond donors (Lipinski definition) is 1. The molecule has 20 heavy (non-hydrogen) atoms. The van der Waals surface area contributed by atoms with Gasteiger partial charge < -0.3 is 14.8 Å². The van der Waals surface area contributed by atoms with E-state index in [0.717, 1.165) is 39.3 Å². The minimum atomic E-state index is 0.156. The van der Waals surface area contributed by atoms with E-state index in [2.05, 4.69) is 43.4 Å². The first-order chi connectivity index (χ1) is 9.70. The zero-order chi connectivity index (χ0) is 14.3. The van der Waals surface area contributed by atoms with Gasteiger partial charge in [0.2, 0.25) is 0 Å². The second kappa shape index (κ2) is 7.77. The van der Waals surface area contributed by atoms with Crippen molar-refractivity contribution in [3.63, 3.8) is 0 Å². The smallest absolute Gasteiger partial charge is 0.0717 e. The Bertz CT molecular complexity index is 372. The third-order valence-electron chi connectivity index (χ3n) is 3.76. The maximum absolute atomic E-state index is 5.94. The van der Waals surface area contributed by atoms with E-state index in [-0.39, 0.29) is 5.41 Å². The summed E-state index contributed by atoms with van der Waals surface area (Å²) in [6.45, 7) is 9.64. The van der Waals surface area contributed by atoms with Gasteiger partial charge in [-0.1, -0.05) is 44.2 Å². The van der Waals surface area contributed by atoms with Crippen molar-refractivity contribution in [2.45, 2.75) is 26.9 Å². The van der Waals surface area contributed by atoms with Crippen LogP contribution in [0.15, 0.2) is 30.3 Å². The summed E-state index contributed by atoms with van der Waals surface area (Å²) >= 11 is 0. The molecule has 0 bridgehead atoms. The van der Waals surface area contributed by atoms with Crippen LogP contribution in [-0.4, -0.2) is 32.9 Å². The van der Waals surface area contributed by atoms with Crippen LogP contribution in [0.5, 0.6) is 0 Å². The minimum Gasteiger partial charge on any atom is -0.381 e. The summed E-state index contributed by atoms with van der Waals surface area (Å²) in [7, 11) is 0. The second-order valence-electron chi connectivity index (χ2n) is 6.31. The Morgan fingerprint density at radius 1 is 1.30 bits per heavy atom. The standard InChI is InChI=1S/C17H27NO2/c1-15(2)10-18-12-17(8-9-19-13-17)14-20-11-16-6-4-3-5-7-16/h3-7,15,18H,8-14H2,1-2H3. The maximum atomic E-state index is 5.94. The largest absolute Gasteiger partial charge is 0.381 e. The number of nitrogens with one attached hydrogen (secondary N) is 1. The Hall–Kier alpha value is -0.900. The number of benzene rings is 1. The van der Waals surface area contributed by atoms with Crippen LogP contribution >= 0.6 is 0 Å². The first-order valence-corrected chi connectivity index (χ1v) is 7.60. The summed E-state index contributed by atoms with van der Waals surface area (Å²) in [5.74, 6) is 0.680. The lowest BCUT2D eigenvalue weighted by Gasteiger charge is -2.28. The average Bonchev–Trinajstić information content (AvgIpc) is 2.89. The van der Waals surface area contributed by atoms with Crippen LogP contribution in [0.25, 0.3) is 0 Å². The number of ether oxygens (including phenoxy) is 2. The molecule has 1 aromatic carbocycles. The molecule has 0 aliphatic carbocycles. The molecule has 1 saturated heterocycles. The van der Waals surface area contributed by atoms with E-state index in [9.17, 15) is 0 Å². The van der Waals surface area contributed by atoms with Crippen LogP contribution in [0.3, 0.4) is 0 Å². The normalized spacial score (nSPS) is 22.6. The molecule has 0 saturated carbocycles. The highest BCUT2D eigenvalue weighted by Gasteiger charge is 2.34. The summed E-state index contributed by atoms with van der Waals surface area (Å²) in [6.07, 6.45) is 1.09. The van der Waals surface area contributed by atoms with Crippen LogP contribution in [-0.2, 0) is 16.1 Å². The molecule has 0 radical (unpaired) electrons. The second-order valence-corrected chi connectivity index (χ2v) is 6.31. The molecule has 0 amide bonds. The SMILES string of the molecule is CC(C)CNCC1(COCc2ccccc2)CCOC1. The highest BCUT2D eigenvalue weighted by molar-refractivity contribution is 5.13. The summed E-state index contributed by atoms with van der Waals surface area (Å²) in [5.41, 5.74) is 1.39. The van der Waals surface area contributed by atoms with Crippen molar-refractivity contribution in [2.24, 2.45) is 11.3 Å². The summed E-state index contributed by atoms with van der Waals surface area (Å²) in [4.78, 5) is 0. The topological polar surface area (TPSA) is 30.5 Å². The summed E-state index contributed by atoms with van der Waals surface area (Å²) < 4.78 is 11.5. The van der Waals surface area contributed by atoms with E-state index in [0.29, 0.717) is 12.5 Å². The van der Waals surface area contributed by atoms with E-state index in [4.69, 9.17) is 9.47 Å². The van der Waals surface area contributed by atoms with Gasteiger partial charge in [0.1, 0.15) is 0 Å². The molecule has 1 aliphatic rings. The van der Waals surface area contributed by atoms with Crippen LogP contribution in [0.2, 0.25) is 0 Å². The van der Waals surface area contributed by atoms with Gasteiger partial charge in [-0.2, -0.15) is 0 Å². The molecule has 3 heteroatoms. The first kappa shape index (κ1) is 15.5. The molecule has 1 unspecified atom stereocenters. The molecule has 1 atom stereocenters. The van der Waals surface area contributed by atoms with Gasteiger partial charge in [0, 0.05) is 18.6 Å². The Balaban J connectivity index is 1.77. The molecule has 1 N–H and O–H groups in total. The fourth-order valence-corrected chi connectivity index (χ4v) is 2.54. The molecule has 0 aromatic heterocycles. The van der Waals surface area contributed by atoms with E-state index in [1.807, 2.05) is 6.07 Å². The zero-order valence-electron chi connectivity index (χ0n) is 12.7. The van der Waals surface area contributed by atoms with Crippen molar-refractivity contribution in [3.05, 3.63) is 35.9 Å². The van der Waals surface area contributed by atoms with E-state index >= 15 is 0 Å². The van der Waals surface area contributed by atoms with Crippen LogP contribution in [0.4, 0.5) is 0 Å². The first-order valence-electron chi connectivity index (χ1n) is 7.60. The van der Waals surface area contributed by atoms with Crippen LogP contribution in [0, 0.1) is 11.3 Å². The van der Waals surface area contributed by atoms with Crippen molar-refractivity contribution >= 4 is 0 Å². The van der Waals surface area contributed by atoms with Crippen LogP contribution in [0.1, 0.15) is 25.8 Å². The van der Waals surface area contributed by atoms with Crippen molar-refractivity contribution < 1.29 is 9.47 Å². The fourth-order valence-electron chi connectivity index (χ4n) is 2.54. The van der Waals surface area contributed by atoms with Gasteiger partial charge >= 0.3 is 0 Å². The molecule has 0 spiro atoms. The molecular weight excluding hydrogens is 250 g/mol. The average molecular weight is 277 g/mol. The van der Waals surface area contributed by atoms with Gasteiger partial charge in [-0.15, -0.1) is 0 Å². The molecular formula is C17H27NO2. The Labute approximate surface area is 122 Å². The number of rotatable bonds is 8. The summed E-state index contributed by atoms with van der Waals surface area (Å²) in [6, 6.07) is 10.4. The quantitative estimate of drug-likeness (QED) is 0.792. The highest BCUT2D eigenvalue weighted by Crippen LogP contribution is 2.28. The van der Waals surface area contributed by atoms with Gasteiger partial charge in [0.15, 0.2) is 0 Å². The fraction of sp³-hybridized carbons (Fsp3) is 0.647. The zero-order valence-corrected chi connectivity index (χ0v) is 12.7. The van der Waals surface area contributed by atoms with Crippen LogP contribution < -0.4 is 5.32 Å². The van der Waals surface area contributed by atoms with Gasteiger partial charge in [0.05, 0.1) is 19.8 Å². The van der Waals surface area contributed by atoms with E-state index in [1.54, 1.807) is 0 Å². The highest BCUT2D eigenvalue weighted by atomic mass is 16.5. The predicted octanol–water partition coefficient (Wildman–Crippen LogP) is 2.86. The Morgan fingerprint density at radius 3 is 2.75 bits per heavy atom. The summed E-state index contributed by atoms with van der Waals surface area (Å²) in [5, 5.41) is 3.56. The monoisotopic (exact) mass is 277 g/mol. The minimum absolute atomic E-state index is 0.156. The third-order valence-corrected chi connectivity index (χ3v) is 3.76. The lowest BCUT2D eigenvalue weighted by Crippen LogP contribution is -2.40. The lowest BCUT2D eigenvalue weighted by atomic mass is 9.88. The van der Waals surface area contributed by atoms with Gasteiger partial charge in [-0.05, 0) is 24.4 Å². The molecule has 1 heterocycles. The third kappa shape index (κ3) is 4.89. The molecule has 1 fully saturated rings. The van der Waals surface area contributed by atoms with Gasteiger partial charge in [-0.3, -0.25) is 0 Å². The van der Waals surface area contributed by atoms with Crippen molar-refractivity contribution in [3.8, 4) is 0 Å². The van der Waals surface area contributed by atoms with Gasteiger partial charge in [-0.25, -0.2) is 0 Å². The van der Waals surface area contributed by atoms with Crippen molar-refractivity contribution in [1.82, 2.24) is 5.32 Å². The number of hydrogen-bond acceptors (Lipinski definition) is 3. The van der Waals surface area contributed by atoms with E-state index in [1.165, 1.54) is 5.56 Å². The molecule has 1 aromatic rings. The van der Waals surface area contributed by atoms with Crippen molar-refractivity contribution in [2.75, 3.05) is 32.9 Å². The Kier molecular flexibility index (Phi) is 6.02. The predicted molar refractivity (Wildman–Crippen MR) is 81.7 cm³/mol. The Morgan fingerprint density at radius 2 is 2.10 bits per heavy atom. The molecule has 3 nitrogen and oxygen atoms in total. The lowest BCUT2D eigenvalue weighted by molar-refractivity contribution is 0.0249. The van der Waals surface area contributed by atoms with Crippen molar-refractivity contribution in [1.29, 1.82) is 0 Å². The van der Waals surface area contributed by atoms with E-state index < -0.39 is 0 Å². The van der Waals surface area contributed by atoms with Gasteiger partial charge in [0.25, 0.3) is 0 Å². The molecule has 112 valence electrons. The maximum Gasteiger partial charge on any atom is 0.0717 e.